The summed E-state index contributed by atoms with van der Waals surface area (Å²) in [7, 11) is -3.06. The Morgan fingerprint density at radius 2 is 1.67 bits per heavy atom. The van der Waals surface area contributed by atoms with Gasteiger partial charge in [0, 0.05) is 13.1 Å². The van der Waals surface area contributed by atoms with Crippen molar-refractivity contribution in [3.8, 4) is 0 Å². The molecule has 0 atom stereocenters. The predicted molar refractivity (Wildman–Crippen MR) is 64.5 cm³/mol. The fourth-order valence-corrected chi connectivity index (χ4v) is 2.20. The lowest BCUT2D eigenvalue weighted by atomic mass is 10.3. The standard InChI is InChI=1S/C10H24N2O2S/c1-3-5-6-8-12-15(13,14)10-9-11-7-4-2/h11-12H,3-10H2,1-2H3. The van der Waals surface area contributed by atoms with Crippen LogP contribution in [-0.2, 0) is 10.0 Å². The molecular weight excluding hydrogens is 212 g/mol. The van der Waals surface area contributed by atoms with Gasteiger partial charge in [-0.15, -0.1) is 0 Å². The van der Waals surface area contributed by atoms with Gasteiger partial charge in [-0.2, -0.15) is 0 Å². The molecule has 92 valence electrons. The van der Waals surface area contributed by atoms with Gasteiger partial charge in [-0.05, 0) is 19.4 Å². The monoisotopic (exact) mass is 236 g/mol. The fraction of sp³-hybridized carbons (Fsp3) is 1.00. The minimum Gasteiger partial charge on any atom is -0.316 e. The molecule has 0 saturated carbocycles. The molecule has 15 heavy (non-hydrogen) atoms. The second-order valence-electron chi connectivity index (χ2n) is 3.67. The Bertz CT molecular complexity index is 210. The number of nitrogens with one attached hydrogen (secondary N) is 2. The van der Waals surface area contributed by atoms with Crippen LogP contribution in [0.15, 0.2) is 0 Å². The summed E-state index contributed by atoms with van der Waals surface area (Å²) in [6, 6.07) is 0. The molecule has 0 rings (SSSR count). The minimum absolute atomic E-state index is 0.180. The number of sulfonamides is 1. The average Bonchev–Trinajstić information content (AvgIpc) is 2.20. The largest absolute Gasteiger partial charge is 0.316 e. The third kappa shape index (κ3) is 10.2. The first-order valence-electron chi connectivity index (χ1n) is 5.80. The first-order valence-corrected chi connectivity index (χ1v) is 7.45. The van der Waals surface area contributed by atoms with E-state index < -0.39 is 10.0 Å². The molecule has 0 aliphatic heterocycles. The van der Waals surface area contributed by atoms with Crippen LogP contribution in [0.25, 0.3) is 0 Å². The van der Waals surface area contributed by atoms with Crippen molar-refractivity contribution in [3.05, 3.63) is 0 Å². The van der Waals surface area contributed by atoms with Crippen LogP contribution < -0.4 is 10.0 Å². The van der Waals surface area contributed by atoms with E-state index in [0.717, 1.165) is 32.2 Å². The zero-order valence-corrected chi connectivity index (χ0v) is 10.7. The van der Waals surface area contributed by atoms with Crippen LogP contribution in [0.5, 0.6) is 0 Å². The van der Waals surface area contributed by atoms with Gasteiger partial charge in [-0.1, -0.05) is 26.7 Å². The zero-order chi connectivity index (χ0) is 11.6. The van der Waals surface area contributed by atoms with Gasteiger partial charge in [-0.3, -0.25) is 0 Å². The predicted octanol–water partition coefficient (Wildman–Crippen LogP) is 1.10. The number of rotatable bonds is 10. The summed E-state index contributed by atoms with van der Waals surface area (Å²) >= 11 is 0. The third-order valence-corrected chi connectivity index (χ3v) is 3.46. The highest BCUT2D eigenvalue weighted by Gasteiger charge is 2.07. The van der Waals surface area contributed by atoms with Crippen molar-refractivity contribution in [1.82, 2.24) is 10.0 Å². The third-order valence-electron chi connectivity index (χ3n) is 2.08. The molecule has 5 heteroatoms. The van der Waals surface area contributed by atoms with Crippen molar-refractivity contribution in [2.75, 3.05) is 25.4 Å². The molecule has 0 heterocycles. The van der Waals surface area contributed by atoms with Gasteiger partial charge in [0.25, 0.3) is 0 Å². The Labute approximate surface area is 93.9 Å². The SMILES string of the molecule is CCCCCNS(=O)(=O)CCNCCC. The lowest BCUT2D eigenvalue weighted by molar-refractivity contribution is 0.571. The van der Waals surface area contributed by atoms with Crippen LogP contribution in [0.3, 0.4) is 0 Å². The van der Waals surface area contributed by atoms with Gasteiger partial charge >= 0.3 is 0 Å². The number of hydrogen-bond donors (Lipinski definition) is 2. The van der Waals surface area contributed by atoms with E-state index >= 15 is 0 Å². The van der Waals surface area contributed by atoms with Crippen LogP contribution in [0.4, 0.5) is 0 Å². The van der Waals surface area contributed by atoms with Crippen LogP contribution in [0, 0.1) is 0 Å². The topological polar surface area (TPSA) is 58.2 Å². The highest BCUT2D eigenvalue weighted by molar-refractivity contribution is 7.89. The lowest BCUT2D eigenvalue weighted by Crippen LogP contribution is -2.32. The Hall–Kier alpha value is -0.130. The Morgan fingerprint density at radius 3 is 2.27 bits per heavy atom. The molecule has 0 aliphatic rings. The molecular formula is C10H24N2O2S. The summed E-state index contributed by atoms with van der Waals surface area (Å²) in [5.41, 5.74) is 0. The van der Waals surface area contributed by atoms with Crippen molar-refractivity contribution >= 4 is 10.0 Å². The molecule has 0 spiro atoms. The average molecular weight is 236 g/mol. The van der Waals surface area contributed by atoms with Gasteiger partial charge in [0.05, 0.1) is 5.75 Å². The normalized spacial score (nSPS) is 11.9. The van der Waals surface area contributed by atoms with Crippen molar-refractivity contribution in [3.63, 3.8) is 0 Å². The van der Waals surface area contributed by atoms with Crippen LogP contribution in [0.1, 0.15) is 39.5 Å². The van der Waals surface area contributed by atoms with Gasteiger partial charge < -0.3 is 5.32 Å². The van der Waals surface area contributed by atoms with Crippen LogP contribution in [0.2, 0.25) is 0 Å². The molecule has 0 aromatic heterocycles. The summed E-state index contributed by atoms with van der Waals surface area (Å²) in [6.45, 7) is 6.15. The van der Waals surface area contributed by atoms with E-state index in [9.17, 15) is 8.42 Å². The molecule has 0 saturated heterocycles. The first kappa shape index (κ1) is 14.9. The quantitative estimate of drug-likeness (QED) is 0.558. The summed E-state index contributed by atoms with van der Waals surface area (Å²) in [4.78, 5) is 0. The van der Waals surface area contributed by atoms with E-state index in [2.05, 4.69) is 23.9 Å². The second-order valence-corrected chi connectivity index (χ2v) is 5.60. The fourth-order valence-electron chi connectivity index (χ4n) is 1.18. The minimum atomic E-state index is -3.06. The second kappa shape index (κ2) is 9.12. The molecule has 0 aromatic carbocycles. The molecule has 0 radical (unpaired) electrons. The molecule has 4 nitrogen and oxygen atoms in total. The summed E-state index contributed by atoms with van der Waals surface area (Å²) in [5.74, 6) is 0.180. The summed E-state index contributed by atoms with van der Waals surface area (Å²) in [6.07, 6.45) is 4.15. The molecule has 2 N–H and O–H groups in total. The van der Waals surface area contributed by atoms with E-state index in [1.807, 2.05) is 0 Å². The molecule has 0 amide bonds. The van der Waals surface area contributed by atoms with E-state index in [1.165, 1.54) is 0 Å². The van der Waals surface area contributed by atoms with Gasteiger partial charge in [0.2, 0.25) is 10.0 Å². The number of hydrogen-bond acceptors (Lipinski definition) is 3. The molecule has 0 aliphatic carbocycles. The lowest BCUT2D eigenvalue weighted by Gasteiger charge is -2.06. The molecule has 0 unspecified atom stereocenters. The van der Waals surface area contributed by atoms with Crippen LogP contribution in [-0.4, -0.2) is 33.8 Å². The Balaban J connectivity index is 3.50. The van der Waals surface area contributed by atoms with Gasteiger partial charge in [0.1, 0.15) is 0 Å². The maximum atomic E-state index is 11.4. The van der Waals surface area contributed by atoms with E-state index in [-0.39, 0.29) is 5.75 Å². The maximum Gasteiger partial charge on any atom is 0.212 e. The number of unbranched alkanes of at least 4 members (excludes halogenated alkanes) is 2. The first-order chi connectivity index (χ1) is 7.12. The summed E-state index contributed by atoms with van der Waals surface area (Å²) < 4.78 is 25.4. The van der Waals surface area contributed by atoms with Gasteiger partial charge in [0.15, 0.2) is 0 Å². The molecule has 0 aromatic rings. The van der Waals surface area contributed by atoms with E-state index in [4.69, 9.17) is 0 Å². The molecule has 0 fully saturated rings. The van der Waals surface area contributed by atoms with Crippen molar-refractivity contribution in [2.24, 2.45) is 0 Å². The van der Waals surface area contributed by atoms with E-state index in [1.54, 1.807) is 0 Å². The highest BCUT2D eigenvalue weighted by Crippen LogP contribution is 1.92. The van der Waals surface area contributed by atoms with E-state index in [0.29, 0.717) is 13.1 Å². The highest BCUT2D eigenvalue weighted by atomic mass is 32.2. The Kier molecular flexibility index (Phi) is 9.04. The van der Waals surface area contributed by atoms with Crippen molar-refractivity contribution in [2.45, 2.75) is 39.5 Å². The van der Waals surface area contributed by atoms with Crippen LogP contribution >= 0.6 is 0 Å². The maximum absolute atomic E-state index is 11.4. The zero-order valence-electron chi connectivity index (χ0n) is 9.88. The molecule has 0 bridgehead atoms. The smallest absolute Gasteiger partial charge is 0.212 e. The van der Waals surface area contributed by atoms with Gasteiger partial charge in [-0.25, -0.2) is 13.1 Å². The summed E-state index contributed by atoms with van der Waals surface area (Å²) in [5, 5.41) is 3.07. The van der Waals surface area contributed by atoms with Crippen molar-refractivity contribution in [1.29, 1.82) is 0 Å². The Morgan fingerprint density at radius 1 is 0.933 bits per heavy atom. The van der Waals surface area contributed by atoms with Crippen molar-refractivity contribution < 1.29 is 8.42 Å².